The van der Waals surface area contributed by atoms with E-state index in [4.69, 9.17) is 15.2 Å². The number of allylic oxidation sites excluding steroid dienone is 2. The van der Waals surface area contributed by atoms with Crippen molar-refractivity contribution in [1.29, 1.82) is 0 Å². The molecule has 0 radical (unpaired) electrons. The number of rotatable bonds is 10. The Bertz CT molecular complexity index is 1390. The number of carbonyl (C=O) groups is 1. The summed E-state index contributed by atoms with van der Waals surface area (Å²) in [7, 11) is 1.57. The number of hydrogen-bond donors (Lipinski definition) is 2. The lowest BCUT2D eigenvalue weighted by Gasteiger charge is -2.13. The summed E-state index contributed by atoms with van der Waals surface area (Å²) in [6.45, 7) is 12.0. The predicted molar refractivity (Wildman–Crippen MR) is 152 cm³/mol. The highest BCUT2D eigenvalue weighted by Crippen LogP contribution is 2.33. The van der Waals surface area contributed by atoms with Crippen LogP contribution in [-0.4, -0.2) is 45.8 Å². The molecule has 0 bridgehead atoms. The molecule has 0 aromatic carbocycles. The number of pyridine rings is 2. The van der Waals surface area contributed by atoms with E-state index in [-0.39, 0.29) is 11.9 Å². The third kappa shape index (κ3) is 7.33. The minimum atomic E-state index is -0.366. The van der Waals surface area contributed by atoms with Crippen LogP contribution in [0.5, 0.6) is 10.9 Å². The molecule has 0 aliphatic heterocycles. The van der Waals surface area contributed by atoms with Crippen molar-refractivity contribution >= 4 is 22.4 Å². The standard InChI is InChI=1S/C28H34N6O3S/c1-8-20(19(6)29)9-10-21(16(2)3)15-37-28-34-33-27(38-28)32-26(35)24-13-30-17(4)11-22(24)23-12-18(5)31-14-25(23)36-7/h8-14,19H,15,29H2,1-7H3,(H,32,33,35)/b10-9-,20-8+. The van der Waals surface area contributed by atoms with E-state index in [1.165, 1.54) is 0 Å². The Kier molecular flexibility index (Phi) is 9.86. The first-order valence-corrected chi connectivity index (χ1v) is 13.0. The van der Waals surface area contributed by atoms with E-state index in [1.54, 1.807) is 19.5 Å². The van der Waals surface area contributed by atoms with Gasteiger partial charge in [0, 0.05) is 34.8 Å². The molecule has 38 heavy (non-hydrogen) atoms. The van der Waals surface area contributed by atoms with Crippen molar-refractivity contribution in [1.82, 2.24) is 20.2 Å². The highest BCUT2D eigenvalue weighted by molar-refractivity contribution is 7.17. The summed E-state index contributed by atoms with van der Waals surface area (Å²) >= 11 is 1.15. The molecule has 0 aliphatic carbocycles. The first-order valence-electron chi connectivity index (χ1n) is 12.1. The fourth-order valence-electron chi connectivity index (χ4n) is 3.57. The Morgan fingerprint density at radius 1 is 1.11 bits per heavy atom. The summed E-state index contributed by atoms with van der Waals surface area (Å²) in [6.07, 6.45) is 9.17. The van der Waals surface area contributed by atoms with E-state index in [1.807, 2.05) is 71.9 Å². The molecule has 0 aliphatic rings. The number of nitrogens with two attached hydrogens (primary N) is 1. The normalized spacial score (nSPS) is 12.4. The summed E-state index contributed by atoms with van der Waals surface area (Å²) in [5.41, 5.74) is 12.5. The molecule has 200 valence electrons. The minimum Gasteiger partial charge on any atom is -0.494 e. The third-order valence-corrected chi connectivity index (χ3v) is 6.51. The summed E-state index contributed by atoms with van der Waals surface area (Å²) in [4.78, 5) is 21.9. The molecule has 0 fully saturated rings. The molecule has 3 heterocycles. The number of aryl methyl sites for hydroxylation is 2. The predicted octanol–water partition coefficient (Wildman–Crippen LogP) is 5.44. The second kappa shape index (κ2) is 13.1. The number of anilines is 1. The highest BCUT2D eigenvalue weighted by Gasteiger charge is 2.19. The number of methoxy groups -OCH3 is 1. The van der Waals surface area contributed by atoms with Crippen LogP contribution in [0.2, 0.25) is 0 Å². The molecule has 1 unspecified atom stereocenters. The monoisotopic (exact) mass is 534 g/mol. The van der Waals surface area contributed by atoms with Crippen molar-refractivity contribution < 1.29 is 14.3 Å². The number of nitrogens with one attached hydrogen (secondary N) is 1. The van der Waals surface area contributed by atoms with Gasteiger partial charge in [0.2, 0.25) is 5.13 Å². The van der Waals surface area contributed by atoms with Gasteiger partial charge in [0.15, 0.2) is 0 Å². The molecular formula is C28H34N6O3S. The van der Waals surface area contributed by atoms with Gasteiger partial charge in [-0.1, -0.05) is 28.9 Å². The molecule has 1 atom stereocenters. The topological polar surface area (TPSA) is 125 Å². The van der Waals surface area contributed by atoms with Crippen LogP contribution in [0.1, 0.15) is 49.4 Å². The maximum Gasteiger partial charge on any atom is 0.296 e. The Morgan fingerprint density at radius 2 is 1.79 bits per heavy atom. The van der Waals surface area contributed by atoms with E-state index in [0.717, 1.165) is 45.0 Å². The van der Waals surface area contributed by atoms with Crippen LogP contribution < -0.4 is 20.5 Å². The van der Waals surface area contributed by atoms with Gasteiger partial charge in [0.1, 0.15) is 12.4 Å². The highest BCUT2D eigenvalue weighted by atomic mass is 32.1. The lowest BCUT2D eigenvalue weighted by molar-refractivity contribution is 0.102. The fourth-order valence-corrected chi connectivity index (χ4v) is 4.16. The average molecular weight is 535 g/mol. The van der Waals surface area contributed by atoms with Crippen LogP contribution in [0.3, 0.4) is 0 Å². The first-order chi connectivity index (χ1) is 18.1. The Morgan fingerprint density at radius 3 is 2.42 bits per heavy atom. The number of ether oxygens (including phenoxy) is 2. The number of amides is 1. The number of hydrogen-bond acceptors (Lipinski definition) is 9. The maximum absolute atomic E-state index is 13.3. The average Bonchev–Trinajstić information content (AvgIpc) is 3.32. The van der Waals surface area contributed by atoms with Crippen LogP contribution in [0, 0.1) is 13.8 Å². The minimum absolute atomic E-state index is 0.0576. The lowest BCUT2D eigenvalue weighted by atomic mass is 9.99. The van der Waals surface area contributed by atoms with E-state index < -0.39 is 0 Å². The van der Waals surface area contributed by atoms with Gasteiger partial charge in [-0.3, -0.25) is 20.1 Å². The lowest BCUT2D eigenvalue weighted by Crippen LogP contribution is -2.16. The molecule has 3 aromatic heterocycles. The van der Waals surface area contributed by atoms with Crippen molar-refractivity contribution in [2.24, 2.45) is 5.73 Å². The van der Waals surface area contributed by atoms with E-state index >= 15 is 0 Å². The number of nitrogens with zero attached hydrogens (tertiary/aromatic N) is 4. The zero-order valence-electron chi connectivity index (χ0n) is 22.8. The van der Waals surface area contributed by atoms with Crippen LogP contribution in [-0.2, 0) is 0 Å². The molecule has 3 rings (SSSR count). The van der Waals surface area contributed by atoms with Gasteiger partial charge in [0.25, 0.3) is 11.1 Å². The van der Waals surface area contributed by atoms with E-state index in [9.17, 15) is 4.79 Å². The van der Waals surface area contributed by atoms with Crippen molar-refractivity contribution in [3.8, 4) is 22.1 Å². The molecule has 0 spiro atoms. The van der Waals surface area contributed by atoms with Gasteiger partial charge >= 0.3 is 0 Å². The third-order valence-electron chi connectivity index (χ3n) is 5.76. The van der Waals surface area contributed by atoms with Gasteiger partial charge in [-0.05, 0) is 76.2 Å². The first kappa shape index (κ1) is 28.7. The van der Waals surface area contributed by atoms with Gasteiger partial charge in [0.05, 0.1) is 18.9 Å². The van der Waals surface area contributed by atoms with Crippen LogP contribution in [0.4, 0.5) is 5.13 Å². The van der Waals surface area contributed by atoms with Crippen LogP contribution in [0.25, 0.3) is 11.1 Å². The quantitative estimate of drug-likeness (QED) is 0.330. The zero-order chi connectivity index (χ0) is 27.8. The molecule has 0 saturated carbocycles. The Balaban J connectivity index is 1.76. The van der Waals surface area contributed by atoms with E-state index in [2.05, 4.69) is 25.5 Å². The van der Waals surface area contributed by atoms with Crippen LogP contribution >= 0.6 is 11.3 Å². The molecular weight excluding hydrogens is 500 g/mol. The second-order valence-electron chi connectivity index (χ2n) is 8.95. The molecule has 10 heteroatoms. The molecule has 3 aromatic rings. The van der Waals surface area contributed by atoms with Crippen molar-refractivity contribution in [3.63, 3.8) is 0 Å². The second-order valence-corrected chi connectivity index (χ2v) is 9.89. The van der Waals surface area contributed by atoms with Gasteiger partial charge in [-0.2, -0.15) is 0 Å². The maximum atomic E-state index is 13.3. The summed E-state index contributed by atoms with van der Waals surface area (Å²) in [6, 6.07) is 3.67. The molecule has 3 N–H and O–H groups in total. The Hall–Kier alpha value is -3.89. The molecule has 9 nitrogen and oxygen atoms in total. The summed E-state index contributed by atoms with van der Waals surface area (Å²) < 4.78 is 11.4. The Labute approximate surface area is 227 Å². The van der Waals surface area contributed by atoms with Crippen molar-refractivity contribution in [3.05, 3.63) is 76.4 Å². The molecule has 1 amide bonds. The van der Waals surface area contributed by atoms with Crippen LogP contribution in [0.15, 0.2) is 59.5 Å². The van der Waals surface area contributed by atoms with E-state index in [0.29, 0.717) is 33.8 Å². The fraction of sp³-hybridized carbons (Fsp3) is 0.321. The summed E-state index contributed by atoms with van der Waals surface area (Å²) in [5.74, 6) is 0.197. The smallest absolute Gasteiger partial charge is 0.296 e. The largest absolute Gasteiger partial charge is 0.494 e. The number of aromatic nitrogens is 4. The molecule has 0 saturated heterocycles. The van der Waals surface area contributed by atoms with Crippen molar-refractivity contribution in [2.75, 3.05) is 19.0 Å². The van der Waals surface area contributed by atoms with Gasteiger partial charge in [-0.25, -0.2) is 0 Å². The van der Waals surface area contributed by atoms with Gasteiger partial charge in [-0.15, -0.1) is 5.10 Å². The number of carbonyl (C=O) groups excluding carboxylic acids is 1. The van der Waals surface area contributed by atoms with Gasteiger partial charge < -0.3 is 15.2 Å². The zero-order valence-corrected chi connectivity index (χ0v) is 23.6. The van der Waals surface area contributed by atoms with Crippen molar-refractivity contribution in [2.45, 2.75) is 47.6 Å². The summed E-state index contributed by atoms with van der Waals surface area (Å²) in [5, 5.41) is 11.6. The SMILES string of the molecule is C/C=C(\C=C/C(COc1nnc(NC(=O)c2cnc(C)cc2-c2cc(C)ncc2OC)s1)=C(C)C)C(C)N.